The molecule has 0 radical (unpaired) electrons. The van der Waals surface area contributed by atoms with Crippen LogP contribution in [0.25, 0.3) is 0 Å². The molecule has 0 aliphatic rings. The Labute approximate surface area is 131 Å². The van der Waals surface area contributed by atoms with Gasteiger partial charge >= 0.3 is 0 Å². The van der Waals surface area contributed by atoms with E-state index in [0.29, 0.717) is 11.9 Å². The number of hydrogen-bond donors (Lipinski definition) is 2. The van der Waals surface area contributed by atoms with Gasteiger partial charge in [0, 0.05) is 23.2 Å². The zero-order valence-corrected chi connectivity index (χ0v) is 14.0. The molecule has 2 aromatic heterocycles. The number of hydrogen-bond acceptors (Lipinski definition) is 5. The van der Waals surface area contributed by atoms with Gasteiger partial charge in [0.1, 0.15) is 5.82 Å². The molecule has 5 heteroatoms. The molecule has 0 aromatic carbocycles. The normalized spacial score (nSPS) is 12.4. The van der Waals surface area contributed by atoms with Crippen molar-refractivity contribution in [2.45, 2.75) is 40.2 Å². The number of aryl methyl sites for hydroxylation is 1. The Morgan fingerprint density at radius 3 is 2.76 bits per heavy atom. The molecule has 0 saturated carbocycles. The topological polar surface area (TPSA) is 49.8 Å². The molecule has 2 rings (SSSR count). The van der Waals surface area contributed by atoms with Crippen molar-refractivity contribution in [2.75, 3.05) is 17.2 Å². The minimum Gasteiger partial charge on any atom is -0.362 e. The number of nitrogens with one attached hydrogen (secondary N) is 2. The first-order chi connectivity index (χ1) is 10.1. The van der Waals surface area contributed by atoms with Crippen LogP contribution in [0.3, 0.4) is 0 Å². The van der Waals surface area contributed by atoms with E-state index in [1.165, 1.54) is 4.88 Å². The first-order valence-corrected chi connectivity index (χ1v) is 8.37. The first kappa shape index (κ1) is 15.8. The second-order valence-corrected chi connectivity index (χ2v) is 6.51. The smallest absolute Gasteiger partial charge is 0.224 e. The minimum atomic E-state index is 0.276. The van der Waals surface area contributed by atoms with Gasteiger partial charge in [-0.25, -0.2) is 4.98 Å². The maximum atomic E-state index is 4.61. The van der Waals surface area contributed by atoms with Gasteiger partial charge in [-0.3, -0.25) is 0 Å². The lowest BCUT2D eigenvalue weighted by atomic mass is 10.0. The van der Waals surface area contributed by atoms with E-state index < -0.39 is 0 Å². The molecule has 2 heterocycles. The molecule has 0 bridgehead atoms. The average Bonchev–Trinajstić information content (AvgIpc) is 2.98. The molecular weight excluding hydrogens is 280 g/mol. The van der Waals surface area contributed by atoms with E-state index in [9.17, 15) is 0 Å². The van der Waals surface area contributed by atoms with E-state index in [1.807, 2.05) is 13.1 Å². The van der Waals surface area contributed by atoms with Gasteiger partial charge in [0.25, 0.3) is 0 Å². The van der Waals surface area contributed by atoms with Crippen LogP contribution in [0, 0.1) is 12.8 Å². The van der Waals surface area contributed by atoms with Crippen LogP contribution >= 0.6 is 11.3 Å². The zero-order valence-electron chi connectivity index (χ0n) is 13.2. The van der Waals surface area contributed by atoms with Gasteiger partial charge in [-0.2, -0.15) is 4.98 Å². The lowest BCUT2D eigenvalue weighted by Gasteiger charge is -2.23. The van der Waals surface area contributed by atoms with Crippen LogP contribution in [0.5, 0.6) is 0 Å². The van der Waals surface area contributed by atoms with Gasteiger partial charge in [-0.15, -0.1) is 11.3 Å². The Morgan fingerprint density at radius 2 is 2.14 bits per heavy atom. The highest BCUT2D eigenvalue weighted by Crippen LogP contribution is 2.30. The summed E-state index contributed by atoms with van der Waals surface area (Å²) in [5, 5.41) is 8.94. The van der Waals surface area contributed by atoms with Crippen LogP contribution in [0.15, 0.2) is 23.7 Å². The Morgan fingerprint density at radius 1 is 1.33 bits per heavy atom. The molecule has 21 heavy (non-hydrogen) atoms. The third kappa shape index (κ3) is 4.17. The van der Waals surface area contributed by atoms with Gasteiger partial charge in [-0.05, 0) is 30.7 Å². The third-order valence-electron chi connectivity index (χ3n) is 3.31. The second-order valence-electron chi connectivity index (χ2n) is 5.53. The molecule has 114 valence electrons. The fourth-order valence-corrected chi connectivity index (χ4v) is 3.04. The Kier molecular flexibility index (Phi) is 5.56. The van der Waals surface area contributed by atoms with Crippen LogP contribution in [0.4, 0.5) is 11.8 Å². The zero-order chi connectivity index (χ0) is 15.2. The molecular formula is C16H24N4S. The average molecular weight is 304 g/mol. The molecule has 0 aliphatic carbocycles. The van der Waals surface area contributed by atoms with Gasteiger partial charge in [0.05, 0.1) is 6.04 Å². The lowest BCUT2D eigenvalue weighted by molar-refractivity contribution is 0.551. The summed E-state index contributed by atoms with van der Waals surface area (Å²) in [6.45, 7) is 9.51. The standard InChI is InChI=1S/C16H24N4S/c1-5-8-17-16-18-10-12(4)15(20-16)19-14(11(2)3)13-7-6-9-21-13/h6-7,9-11,14H,5,8H2,1-4H3,(H2,17,18,19,20). The highest BCUT2D eigenvalue weighted by atomic mass is 32.1. The van der Waals surface area contributed by atoms with Crippen molar-refractivity contribution in [3.63, 3.8) is 0 Å². The van der Waals surface area contributed by atoms with Crippen molar-refractivity contribution in [3.8, 4) is 0 Å². The van der Waals surface area contributed by atoms with Crippen LogP contribution in [-0.2, 0) is 0 Å². The quantitative estimate of drug-likeness (QED) is 0.792. The molecule has 0 amide bonds. The summed E-state index contributed by atoms with van der Waals surface area (Å²) in [6.07, 6.45) is 2.93. The highest BCUT2D eigenvalue weighted by molar-refractivity contribution is 7.10. The molecule has 0 spiro atoms. The molecule has 0 fully saturated rings. The van der Waals surface area contributed by atoms with Crippen molar-refractivity contribution in [3.05, 3.63) is 34.2 Å². The molecule has 0 aliphatic heterocycles. The predicted octanol–water partition coefficient (Wildman–Crippen LogP) is 4.48. The van der Waals surface area contributed by atoms with Crippen molar-refractivity contribution in [1.29, 1.82) is 0 Å². The SMILES string of the molecule is CCCNc1ncc(C)c(NC(c2cccs2)C(C)C)n1. The van der Waals surface area contributed by atoms with Crippen molar-refractivity contribution in [1.82, 2.24) is 9.97 Å². The minimum absolute atomic E-state index is 0.276. The molecule has 2 aromatic rings. The molecule has 4 nitrogen and oxygen atoms in total. The summed E-state index contributed by atoms with van der Waals surface area (Å²) < 4.78 is 0. The Balaban J connectivity index is 2.20. The second kappa shape index (κ2) is 7.41. The maximum absolute atomic E-state index is 4.61. The lowest BCUT2D eigenvalue weighted by Crippen LogP contribution is -2.18. The Bertz CT molecular complexity index is 551. The van der Waals surface area contributed by atoms with Crippen molar-refractivity contribution < 1.29 is 0 Å². The Hall–Kier alpha value is -1.62. The number of nitrogens with zero attached hydrogens (tertiary/aromatic N) is 2. The summed E-state index contributed by atoms with van der Waals surface area (Å²) >= 11 is 1.78. The van der Waals surface area contributed by atoms with Crippen LogP contribution < -0.4 is 10.6 Å². The monoisotopic (exact) mass is 304 g/mol. The largest absolute Gasteiger partial charge is 0.362 e. The van der Waals surface area contributed by atoms with Gasteiger partial charge < -0.3 is 10.6 Å². The summed E-state index contributed by atoms with van der Waals surface area (Å²) in [7, 11) is 0. The van der Waals surface area contributed by atoms with E-state index in [1.54, 1.807) is 11.3 Å². The van der Waals surface area contributed by atoms with E-state index in [0.717, 1.165) is 24.3 Å². The van der Waals surface area contributed by atoms with Gasteiger partial charge in [0.15, 0.2) is 0 Å². The van der Waals surface area contributed by atoms with Crippen molar-refractivity contribution >= 4 is 23.1 Å². The number of rotatable bonds is 7. The van der Waals surface area contributed by atoms with E-state index >= 15 is 0 Å². The maximum Gasteiger partial charge on any atom is 0.224 e. The van der Waals surface area contributed by atoms with Crippen LogP contribution in [0.2, 0.25) is 0 Å². The number of aromatic nitrogens is 2. The molecule has 0 saturated heterocycles. The highest BCUT2D eigenvalue weighted by Gasteiger charge is 2.18. The van der Waals surface area contributed by atoms with Gasteiger partial charge in [-0.1, -0.05) is 26.8 Å². The van der Waals surface area contributed by atoms with Crippen molar-refractivity contribution in [2.24, 2.45) is 5.92 Å². The van der Waals surface area contributed by atoms with E-state index in [-0.39, 0.29) is 6.04 Å². The number of thiophene rings is 1. The van der Waals surface area contributed by atoms with E-state index in [4.69, 9.17) is 0 Å². The van der Waals surface area contributed by atoms with Crippen LogP contribution in [0.1, 0.15) is 43.7 Å². The molecule has 1 atom stereocenters. The van der Waals surface area contributed by atoms with Gasteiger partial charge in [0.2, 0.25) is 5.95 Å². The van der Waals surface area contributed by atoms with Crippen LogP contribution in [-0.4, -0.2) is 16.5 Å². The fraction of sp³-hybridized carbons (Fsp3) is 0.500. The third-order valence-corrected chi connectivity index (χ3v) is 4.27. The summed E-state index contributed by atoms with van der Waals surface area (Å²) in [5.41, 5.74) is 1.07. The van der Waals surface area contributed by atoms with E-state index in [2.05, 4.69) is 58.9 Å². The molecule has 1 unspecified atom stereocenters. The number of anilines is 2. The summed E-state index contributed by atoms with van der Waals surface area (Å²) in [5.74, 6) is 2.10. The molecule has 2 N–H and O–H groups in total. The predicted molar refractivity (Wildman–Crippen MR) is 91.1 cm³/mol. The first-order valence-electron chi connectivity index (χ1n) is 7.49. The summed E-state index contributed by atoms with van der Waals surface area (Å²) in [4.78, 5) is 10.3. The fourth-order valence-electron chi connectivity index (χ4n) is 2.09. The summed E-state index contributed by atoms with van der Waals surface area (Å²) in [6, 6.07) is 4.55.